The van der Waals surface area contributed by atoms with Crippen LogP contribution >= 0.6 is 0 Å². The molecule has 3 aromatic carbocycles. The summed E-state index contributed by atoms with van der Waals surface area (Å²) in [6.45, 7) is 2.99. The minimum Gasteiger partial charge on any atom is -0.440 e. The van der Waals surface area contributed by atoms with Gasteiger partial charge >= 0.3 is 12.3 Å². The standard InChI is InChI=1S/C31H37F3N4O6S/c1-20(2)17-37(45(42,43)23-14-12-22(35)13-15-23)18-27(39)25(16-21-8-4-3-5-9-21)36-29(40)28-19-38(30(41)44-28)26-11-7-6-10-24(26)31(32,33)34/h3-15,20,25,27-29,36,39-40H,16-19,35H2,1-2H3/t25-,27+,28-,29?/m0/s1. The van der Waals surface area contributed by atoms with E-state index in [0.29, 0.717) is 5.69 Å². The highest BCUT2D eigenvalue weighted by molar-refractivity contribution is 7.89. The highest BCUT2D eigenvalue weighted by Crippen LogP contribution is 2.38. The Morgan fingerprint density at radius 1 is 1.00 bits per heavy atom. The van der Waals surface area contributed by atoms with Crippen molar-refractivity contribution in [1.82, 2.24) is 9.62 Å². The summed E-state index contributed by atoms with van der Waals surface area (Å²) < 4.78 is 74.5. The molecule has 0 spiro atoms. The molecule has 1 unspecified atom stereocenters. The van der Waals surface area contributed by atoms with Crippen molar-refractivity contribution < 1.29 is 41.3 Å². The van der Waals surface area contributed by atoms with Gasteiger partial charge < -0.3 is 20.7 Å². The number of anilines is 2. The van der Waals surface area contributed by atoms with Crippen LogP contribution in [0.25, 0.3) is 0 Å². The summed E-state index contributed by atoms with van der Waals surface area (Å²) in [4.78, 5) is 13.5. The number of hydrogen-bond acceptors (Lipinski definition) is 8. The van der Waals surface area contributed by atoms with Crippen molar-refractivity contribution in [3.05, 3.63) is 90.0 Å². The van der Waals surface area contributed by atoms with E-state index >= 15 is 0 Å². The second-order valence-electron chi connectivity index (χ2n) is 11.3. The van der Waals surface area contributed by atoms with Crippen LogP contribution in [0.1, 0.15) is 25.0 Å². The lowest BCUT2D eigenvalue weighted by Crippen LogP contribution is -2.55. The van der Waals surface area contributed by atoms with Gasteiger partial charge in [0.1, 0.15) is 6.23 Å². The topological polar surface area (TPSA) is 145 Å². The van der Waals surface area contributed by atoms with E-state index < -0.39 is 64.6 Å². The maximum Gasteiger partial charge on any atom is 0.418 e. The molecule has 45 heavy (non-hydrogen) atoms. The number of amides is 1. The molecule has 1 saturated heterocycles. The Bertz CT molecular complexity index is 1540. The number of nitrogens with two attached hydrogens (primary N) is 1. The molecule has 1 fully saturated rings. The van der Waals surface area contributed by atoms with Crippen LogP contribution in [0.15, 0.2) is 83.8 Å². The number of rotatable bonds is 13. The zero-order valence-corrected chi connectivity index (χ0v) is 25.6. The van der Waals surface area contributed by atoms with Crippen LogP contribution in [0.5, 0.6) is 0 Å². The summed E-state index contributed by atoms with van der Waals surface area (Å²) in [6, 6.07) is 18.2. The summed E-state index contributed by atoms with van der Waals surface area (Å²) in [5.41, 5.74) is 5.42. The Balaban J connectivity index is 1.56. The molecule has 0 aliphatic carbocycles. The molecule has 1 amide bonds. The van der Waals surface area contributed by atoms with Gasteiger partial charge in [-0.1, -0.05) is 56.3 Å². The molecule has 4 atom stereocenters. The number of ether oxygens (including phenoxy) is 1. The number of hydrogen-bond donors (Lipinski definition) is 4. The van der Waals surface area contributed by atoms with Crippen LogP contribution in [-0.2, 0) is 27.4 Å². The summed E-state index contributed by atoms with van der Waals surface area (Å²) in [7, 11) is -4.06. The molecule has 5 N–H and O–H groups in total. The quantitative estimate of drug-likeness (QED) is 0.161. The summed E-state index contributed by atoms with van der Waals surface area (Å²) in [5, 5.41) is 25.4. The van der Waals surface area contributed by atoms with E-state index in [4.69, 9.17) is 10.5 Å². The molecule has 1 heterocycles. The Kier molecular flexibility index (Phi) is 10.8. The van der Waals surface area contributed by atoms with Gasteiger partial charge in [0.25, 0.3) is 0 Å². The van der Waals surface area contributed by atoms with Crippen molar-refractivity contribution in [3.8, 4) is 0 Å². The molecule has 0 radical (unpaired) electrons. The lowest BCUT2D eigenvalue weighted by Gasteiger charge is -2.32. The van der Waals surface area contributed by atoms with E-state index in [1.54, 1.807) is 30.3 Å². The van der Waals surface area contributed by atoms with Gasteiger partial charge in [0.05, 0.1) is 28.8 Å². The number of cyclic esters (lactones) is 1. The highest BCUT2D eigenvalue weighted by atomic mass is 32.2. The van der Waals surface area contributed by atoms with Gasteiger partial charge in [-0.05, 0) is 54.3 Å². The van der Waals surface area contributed by atoms with Gasteiger partial charge in [-0.3, -0.25) is 10.2 Å². The first-order valence-electron chi connectivity index (χ1n) is 14.3. The normalized spacial score (nSPS) is 17.8. The fourth-order valence-electron chi connectivity index (χ4n) is 5.10. The van der Waals surface area contributed by atoms with E-state index in [1.165, 1.54) is 36.4 Å². The lowest BCUT2D eigenvalue weighted by atomic mass is 10.00. The Hall–Kier alpha value is -3.69. The van der Waals surface area contributed by atoms with Gasteiger partial charge in [0.15, 0.2) is 6.10 Å². The predicted octanol–water partition coefficient (Wildman–Crippen LogP) is 3.84. The zero-order valence-electron chi connectivity index (χ0n) is 24.8. The van der Waals surface area contributed by atoms with Crippen LogP contribution < -0.4 is 16.0 Å². The number of nitrogen functional groups attached to an aromatic ring is 1. The molecule has 14 heteroatoms. The number of aliphatic hydroxyl groups is 2. The number of alkyl halides is 3. The number of nitrogens with zero attached hydrogens (tertiary/aromatic N) is 2. The maximum atomic E-state index is 13.6. The van der Waals surface area contributed by atoms with Gasteiger partial charge in [0, 0.05) is 24.8 Å². The summed E-state index contributed by atoms with van der Waals surface area (Å²) in [6.07, 6.45) is -9.96. The fraction of sp³-hybridized carbons (Fsp3) is 0.387. The third kappa shape index (κ3) is 8.52. The van der Waals surface area contributed by atoms with E-state index in [9.17, 15) is 36.6 Å². The molecule has 3 aromatic rings. The Morgan fingerprint density at radius 2 is 1.62 bits per heavy atom. The van der Waals surface area contributed by atoms with Crippen molar-refractivity contribution >= 4 is 27.5 Å². The van der Waals surface area contributed by atoms with Crippen molar-refractivity contribution in [2.45, 2.75) is 55.8 Å². The minimum absolute atomic E-state index is 0.00532. The number of aliphatic hydroxyl groups excluding tert-OH is 2. The number of sulfonamides is 1. The third-order valence-corrected chi connectivity index (χ3v) is 9.16. The smallest absolute Gasteiger partial charge is 0.418 e. The SMILES string of the molecule is CC(C)CN(C[C@@H](O)[C@H](Cc1ccccc1)NC(O)[C@@H]1CN(c2ccccc2C(F)(F)F)C(=O)O1)S(=O)(=O)c1ccc(N)cc1. The van der Waals surface area contributed by atoms with Crippen LogP contribution in [0.3, 0.4) is 0 Å². The van der Waals surface area contributed by atoms with Crippen LogP contribution in [-0.4, -0.2) is 73.1 Å². The van der Waals surface area contributed by atoms with E-state index in [2.05, 4.69) is 5.32 Å². The highest BCUT2D eigenvalue weighted by Gasteiger charge is 2.43. The number of benzene rings is 3. The van der Waals surface area contributed by atoms with Crippen molar-refractivity contribution in [2.75, 3.05) is 30.3 Å². The first-order chi connectivity index (χ1) is 21.2. The first-order valence-corrected chi connectivity index (χ1v) is 15.8. The van der Waals surface area contributed by atoms with Crippen molar-refractivity contribution in [3.63, 3.8) is 0 Å². The van der Waals surface area contributed by atoms with Crippen LogP contribution in [0.4, 0.5) is 29.3 Å². The Morgan fingerprint density at radius 3 is 2.24 bits per heavy atom. The van der Waals surface area contributed by atoms with Crippen molar-refractivity contribution in [2.24, 2.45) is 5.92 Å². The van der Waals surface area contributed by atoms with E-state index in [0.717, 1.165) is 26.9 Å². The summed E-state index contributed by atoms with van der Waals surface area (Å²) in [5.74, 6) is -0.102. The number of halogens is 3. The first kappa shape index (κ1) is 34.2. The average molecular weight is 651 g/mol. The van der Waals surface area contributed by atoms with E-state index in [1.807, 2.05) is 13.8 Å². The minimum atomic E-state index is -4.73. The summed E-state index contributed by atoms with van der Waals surface area (Å²) >= 11 is 0. The van der Waals surface area contributed by atoms with Gasteiger partial charge in [-0.25, -0.2) is 13.2 Å². The number of para-hydroxylation sites is 1. The molecule has 0 aromatic heterocycles. The second-order valence-corrected chi connectivity index (χ2v) is 13.2. The molecule has 0 saturated carbocycles. The molecular weight excluding hydrogens is 613 g/mol. The number of carbonyl (C=O) groups is 1. The number of nitrogens with one attached hydrogen (secondary N) is 1. The monoisotopic (exact) mass is 650 g/mol. The molecule has 1 aliphatic heterocycles. The molecule has 1 aliphatic rings. The fourth-order valence-corrected chi connectivity index (χ4v) is 6.72. The van der Waals surface area contributed by atoms with Crippen LogP contribution in [0, 0.1) is 5.92 Å². The van der Waals surface area contributed by atoms with Gasteiger partial charge in [0.2, 0.25) is 10.0 Å². The van der Waals surface area contributed by atoms with Gasteiger partial charge in [-0.2, -0.15) is 17.5 Å². The van der Waals surface area contributed by atoms with Crippen molar-refractivity contribution in [1.29, 1.82) is 0 Å². The molecule has 4 rings (SSSR count). The predicted molar refractivity (Wildman–Crippen MR) is 163 cm³/mol. The van der Waals surface area contributed by atoms with Gasteiger partial charge in [-0.15, -0.1) is 0 Å². The zero-order chi connectivity index (χ0) is 32.9. The van der Waals surface area contributed by atoms with E-state index in [-0.39, 0.29) is 30.3 Å². The average Bonchev–Trinajstić information content (AvgIpc) is 3.38. The second kappa shape index (κ2) is 14.2. The molecule has 0 bridgehead atoms. The molecule has 244 valence electrons. The number of carbonyl (C=O) groups excluding carboxylic acids is 1. The maximum absolute atomic E-state index is 13.6. The third-order valence-electron chi connectivity index (χ3n) is 7.31. The largest absolute Gasteiger partial charge is 0.440 e. The molecule has 10 nitrogen and oxygen atoms in total. The molecular formula is C31H37F3N4O6S. The Labute approximate surface area is 260 Å². The lowest BCUT2D eigenvalue weighted by molar-refractivity contribution is -0.137. The van der Waals surface area contributed by atoms with Crippen LogP contribution in [0.2, 0.25) is 0 Å².